The molecule has 3 heterocycles. The molecular weight excluding hydrogens is 559 g/mol. The minimum Gasteiger partial charge on any atom is -0.505 e. The van der Waals surface area contributed by atoms with Crippen LogP contribution in [0.4, 0.5) is 22.0 Å². The van der Waals surface area contributed by atoms with Crippen LogP contribution >= 0.6 is 34.3 Å². The number of rotatable bonds is 4. The van der Waals surface area contributed by atoms with Gasteiger partial charge in [0, 0.05) is 10.9 Å². The summed E-state index contributed by atoms with van der Waals surface area (Å²) in [5, 5.41) is 16.4. The van der Waals surface area contributed by atoms with Crippen molar-refractivity contribution in [3.8, 4) is 17.1 Å². The van der Waals surface area contributed by atoms with Crippen LogP contribution in [0.1, 0.15) is 34.3 Å². The molecule has 1 N–H and O–H groups in total. The van der Waals surface area contributed by atoms with Gasteiger partial charge in [-0.1, -0.05) is 29.0 Å². The van der Waals surface area contributed by atoms with Crippen LogP contribution in [0.5, 0.6) is 5.75 Å². The van der Waals surface area contributed by atoms with Crippen molar-refractivity contribution in [2.45, 2.75) is 31.5 Å². The van der Waals surface area contributed by atoms with Crippen LogP contribution in [-0.4, -0.2) is 24.9 Å². The van der Waals surface area contributed by atoms with Crippen molar-refractivity contribution in [2.24, 2.45) is 0 Å². The molecule has 1 fully saturated rings. The summed E-state index contributed by atoms with van der Waals surface area (Å²) in [7, 11) is 0. The number of hydrogen-bond donors (Lipinski definition) is 1. The molecule has 37 heavy (non-hydrogen) atoms. The van der Waals surface area contributed by atoms with Gasteiger partial charge in [-0.2, -0.15) is 13.2 Å². The molecule has 14 heteroatoms. The topological polar surface area (TPSA) is 80.9 Å². The van der Waals surface area contributed by atoms with Crippen LogP contribution in [-0.2, 0) is 12.7 Å². The molecule has 0 saturated heterocycles. The van der Waals surface area contributed by atoms with Gasteiger partial charge in [0.2, 0.25) is 5.01 Å². The van der Waals surface area contributed by atoms with Crippen molar-refractivity contribution in [3.63, 3.8) is 0 Å². The molecule has 2 aromatic carbocycles. The first-order valence-corrected chi connectivity index (χ1v) is 12.8. The molecule has 1 aliphatic carbocycles. The van der Waals surface area contributed by atoms with E-state index in [0.717, 1.165) is 40.9 Å². The standard InChI is InChI=1S/C23H12ClF5N4O2S2/c24-12-4-3-9-16-20(37-18(9)17(12)34)30-19(11-6-14(26)13(25)5-10(11)8-1-2-8)33(21(16)35)7-15-31-32-22(36-15)23(27,28)29/h3-6,8,34H,1-2,7H2. The van der Waals surface area contributed by atoms with E-state index in [1.54, 1.807) is 0 Å². The molecule has 190 valence electrons. The maximum Gasteiger partial charge on any atom is 0.445 e. The number of thiophene rings is 1. The summed E-state index contributed by atoms with van der Waals surface area (Å²) in [5.74, 6) is -2.59. The molecule has 3 aromatic heterocycles. The highest BCUT2D eigenvalue weighted by Crippen LogP contribution is 2.46. The minimum absolute atomic E-state index is 0.0563. The molecule has 0 amide bonds. The number of fused-ring (bicyclic) bond motifs is 3. The van der Waals surface area contributed by atoms with Crippen molar-refractivity contribution in [1.82, 2.24) is 19.7 Å². The van der Waals surface area contributed by atoms with E-state index in [2.05, 4.69) is 15.2 Å². The Morgan fingerprint density at radius 3 is 2.51 bits per heavy atom. The molecule has 0 radical (unpaired) electrons. The third-order valence-electron chi connectivity index (χ3n) is 6.04. The fourth-order valence-electron chi connectivity index (χ4n) is 4.19. The van der Waals surface area contributed by atoms with Gasteiger partial charge in [-0.3, -0.25) is 9.36 Å². The van der Waals surface area contributed by atoms with Gasteiger partial charge in [-0.05, 0) is 42.5 Å². The number of phenols is 1. The molecule has 0 spiro atoms. The average molecular weight is 571 g/mol. The Morgan fingerprint density at radius 2 is 1.84 bits per heavy atom. The second-order valence-corrected chi connectivity index (χ2v) is 11.0. The molecule has 6 rings (SSSR count). The number of benzene rings is 2. The Hall–Kier alpha value is -3.16. The third-order valence-corrected chi connectivity index (χ3v) is 8.40. The summed E-state index contributed by atoms with van der Waals surface area (Å²) in [5.41, 5.74) is -0.0528. The summed E-state index contributed by atoms with van der Waals surface area (Å²) in [6, 6.07) is 4.94. The SMILES string of the molecule is O=c1c2c(nc(-c3cc(F)c(F)cc3C3CC3)n1Cc1nnc(C(F)(F)F)s1)sc1c(O)c(Cl)ccc12. The molecule has 0 atom stereocenters. The normalized spacial score (nSPS) is 14.2. The van der Waals surface area contributed by atoms with Crippen LogP contribution in [0.2, 0.25) is 5.02 Å². The Balaban J connectivity index is 1.65. The van der Waals surface area contributed by atoms with E-state index in [4.69, 9.17) is 11.6 Å². The lowest BCUT2D eigenvalue weighted by atomic mass is 10.0. The van der Waals surface area contributed by atoms with Crippen molar-refractivity contribution >= 4 is 54.6 Å². The zero-order chi connectivity index (χ0) is 26.2. The molecule has 5 aromatic rings. The van der Waals surface area contributed by atoms with Gasteiger partial charge in [0.05, 0.1) is 21.7 Å². The van der Waals surface area contributed by atoms with E-state index in [0.29, 0.717) is 15.6 Å². The number of halogens is 6. The van der Waals surface area contributed by atoms with E-state index in [1.165, 1.54) is 12.1 Å². The Labute approximate surface area is 216 Å². The highest BCUT2D eigenvalue weighted by atomic mass is 35.5. The van der Waals surface area contributed by atoms with Gasteiger partial charge in [0.1, 0.15) is 15.7 Å². The number of phenolic OH excluding ortho intramolecular Hbond substituents is 1. The Kier molecular flexibility index (Phi) is 5.51. The fourth-order valence-corrected chi connectivity index (χ4v) is 6.21. The quantitative estimate of drug-likeness (QED) is 0.243. The second-order valence-electron chi connectivity index (χ2n) is 8.51. The van der Waals surface area contributed by atoms with Gasteiger partial charge < -0.3 is 5.11 Å². The van der Waals surface area contributed by atoms with Gasteiger partial charge >= 0.3 is 6.18 Å². The first-order chi connectivity index (χ1) is 17.5. The van der Waals surface area contributed by atoms with E-state index in [9.17, 15) is 31.9 Å². The molecule has 1 saturated carbocycles. The lowest BCUT2D eigenvalue weighted by molar-refractivity contribution is -0.138. The Morgan fingerprint density at radius 1 is 1.11 bits per heavy atom. The highest BCUT2D eigenvalue weighted by Gasteiger charge is 2.36. The number of nitrogens with zero attached hydrogens (tertiary/aromatic N) is 4. The molecule has 6 nitrogen and oxygen atoms in total. The van der Waals surface area contributed by atoms with Gasteiger partial charge in [-0.15, -0.1) is 21.5 Å². The zero-order valence-electron chi connectivity index (χ0n) is 18.2. The second kappa shape index (κ2) is 8.43. The van der Waals surface area contributed by atoms with E-state index in [-0.39, 0.29) is 54.6 Å². The van der Waals surface area contributed by atoms with Crippen LogP contribution < -0.4 is 5.56 Å². The maximum atomic E-state index is 14.4. The van der Waals surface area contributed by atoms with Gasteiger partial charge in [0.15, 0.2) is 17.4 Å². The number of hydrogen-bond acceptors (Lipinski definition) is 7. The molecule has 0 unspecified atom stereocenters. The van der Waals surface area contributed by atoms with Crippen molar-refractivity contribution in [3.05, 3.63) is 66.9 Å². The van der Waals surface area contributed by atoms with Crippen molar-refractivity contribution in [2.75, 3.05) is 0 Å². The molecule has 0 bridgehead atoms. The maximum absolute atomic E-state index is 14.4. The van der Waals surface area contributed by atoms with Crippen LogP contribution in [0.25, 0.3) is 31.7 Å². The molecular formula is C23H12ClF5N4O2S2. The smallest absolute Gasteiger partial charge is 0.445 e. The van der Waals surface area contributed by atoms with Crippen molar-refractivity contribution < 1.29 is 27.1 Å². The predicted octanol–water partition coefficient (Wildman–Crippen LogP) is 6.71. The monoisotopic (exact) mass is 570 g/mol. The number of aromatic nitrogens is 4. The van der Waals surface area contributed by atoms with Crippen LogP contribution in [0.15, 0.2) is 29.1 Å². The predicted molar refractivity (Wildman–Crippen MR) is 129 cm³/mol. The summed E-state index contributed by atoms with van der Waals surface area (Å²) in [4.78, 5) is 18.6. The minimum atomic E-state index is -4.72. The fraction of sp³-hybridized carbons (Fsp3) is 0.217. The number of alkyl halides is 3. The molecule has 0 aliphatic heterocycles. The zero-order valence-corrected chi connectivity index (χ0v) is 20.6. The highest BCUT2D eigenvalue weighted by molar-refractivity contribution is 7.25. The largest absolute Gasteiger partial charge is 0.505 e. The average Bonchev–Trinajstić information content (AvgIpc) is 3.44. The molecule has 1 aliphatic rings. The summed E-state index contributed by atoms with van der Waals surface area (Å²) >= 11 is 7.28. The number of aromatic hydroxyl groups is 1. The third kappa shape index (κ3) is 4.05. The van der Waals surface area contributed by atoms with Crippen LogP contribution in [0.3, 0.4) is 0 Å². The van der Waals surface area contributed by atoms with Gasteiger partial charge in [0.25, 0.3) is 5.56 Å². The first-order valence-electron chi connectivity index (χ1n) is 10.8. The lowest BCUT2D eigenvalue weighted by Crippen LogP contribution is -2.24. The lowest BCUT2D eigenvalue weighted by Gasteiger charge is -2.15. The summed E-state index contributed by atoms with van der Waals surface area (Å²) in [6.07, 6.45) is -3.26. The van der Waals surface area contributed by atoms with Crippen LogP contribution in [0, 0.1) is 11.6 Å². The van der Waals surface area contributed by atoms with E-state index in [1.807, 2.05) is 0 Å². The van der Waals surface area contributed by atoms with E-state index >= 15 is 0 Å². The van der Waals surface area contributed by atoms with E-state index < -0.39 is 34.9 Å². The van der Waals surface area contributed by atoms with Gasteiger partial charge in [-0.25, -0.2) is 13.8 Å². The summed E-state index contributed by atoms with van der Waals surface area (Å²) < 4.78 is 69.3. The first kappa shape index (κ1) is 24.2. The summed E-state index contributed by atoms with van der Waals surface area (Å²) in [6.45, 7) is -0.440. The van der Waals surface area contributed by atoms with Crippen molar-refractivity contribution in [1.29, 1.82) is 0 Å². The Bertz CT molecular complexity index is 1790.